The number of hydrogen-bond acceptors (Lipinski definition) is 3. The van der Waals surface area contributed by atoms with E-state index < -0.39 is 11.4 Å². The van der Waals surface area contributed by atoms with E-state index in [2.05, 4.69) is 6.58 Å². The van der Waals surface area contributed by atoms with Crippen LogP contribution in [0.1, 0.15) is 19.8 Å². The zero-order chi connectivity index (χ0) is 10.6. The van der Waals surface area contributed by atoms with Crippen LogP contribution < -0.4 is 0 Å². The van der Waals surface area contributed by atoms with Crippen LogP contribution in [-0.4, -0.2) is 18.4 Å². The summed E-state index contributed by atoms with van der Waals surface area (Å²) < 4.78 is 4.85. The maximum absolute atomic E-state index is 11.7. The number of ether oxygens (including phenoxy) is 1. The second-order valence-corrected chi connectivity index (χ2v) is 3.33. The molecule has 0 aliphatic carbocycles. The number of cyclic esters (lactones) is 1. The second kappa shape index (κ2) is 4.22. The lowest BCUT2D eigenvalue weighted by Gasteiger charge is -2.18. The summed E-state index contributed by atoms with van der Waals surface area (Å²) in [6.07, 6.45) is 5.47. The molecule has 3 heteroatoms. The Balaban J connectivity index is 2.97. The minimum absolute atomic E-state index is 0.178. The third kappa shape index (κ3) is 1.62. The van der Waals surface area contributed by atoms with E-state index in [0.717, 1.165) is 0 Å². The summed E-state index contributed by atoms with van der Waals surface area (Å²) in [6.45, 7) is 5.64. The molecular formula is C11H14O3. The molecule has 14 heavy (non-hydrogen) atoms. The summed E-state index contributed by atoms with van der Waals surface area (Å²) >= 11 is 0. The summed E-state index contributed by atoms with van der Waals surface area (Å²) in [7, 11) is 0. The van der Waals surface area contributed by atoms with Crippen LogP contribution in [0.2, 0.25) is 0 Å². The predicted octanol–water partition coefficient (Wildman–Crippen LogP) is 1.64. The van der Waals surface area contributed by atoms with Gasteiger partial charge in [0.2, 0.25) is 0 Å². The molecule has 0 aromatic rings. The fourth-order valence-corrected chi connectivity index (χ4v) is 1.63. The summed E-state index contributed by atoms with van der Waals surface area (Å²) in [5, 5.41) is 0. The van der Waals surface area contributed by atoms with Gasteiger partial charge in [-0.1, -0.05) is 12.2 Å². The van der Waals surface area contributed by atoms with E-state index >= 15 is 0 Å². The molecule has 76 valence electrons. The van der Waals surface area contributed by atoms with Gasteiger partial charge in [0, 0.05) is 6.42 Å². The molecule has 1 aliphatic rings. The topological polar surface area (TPSA) is 43.4 Å². The number of carbonyl (C=O) groups excluding carboxylic acids is 2. The van der Waals surface area contributed by atoms with E-state index in [1.54, 1.807) is 19.1 Å². The number of carbonyl (C=O) groups is 2. The van der Waals surface area contributed by atoms with Crippen LogP contribution in [0.5, 0.6) is 0 Å². The molecule has 1 saturated heterocycles. The van der Waals surface area contributed by atoms with Crippen LogP contribution in [-0.2, 0) is 14.3 Å². The van der Waals surface area contributed by atoms with Gasteiger partial charge in [-0.3, -0.25) is 9.59 Å². The van der Waals surface area contributed by atoms with Crippen LogP contribution in [0.3, 0.4) is 0 Å². The fraction of sp³-hybridized carbons (Fsp3) is 0.455. The molecule has 0 N–H and O–H groups in total. The summed E-state index contributed by atoms with van der Waals surface area (Å²) in [4.78, 5) is 23.2. The van der Waals surface area contributed by atoms with Gasteiger partial charge in [0.25, 0.3) is 0 Å². The first-order valence-electron chi connectivity index (χ1n) is 4.62. The van der Waals surface area contributed by atoms with Crippen molar-refractivity contribution in [2.45, 2.75) is 19.8 Å². The zero-order valence-electron chi connectivity index (χ0n) is 8.29. The molecule has 1 heterocycles. The Bertz CT molecular complexity index is 291. The standard InChI is InChI=1S/C11H14O3/c1-3-5-9(12)11(6-4-2)7-8-14-10(11)13/h3-5H,2,6-8H2,1H3/b5-3+/t11-/m1/s1. The van der Waals surface area contributed by atoms with Gasteiger partial charge < -0.3 is 4.74 Å². The number of ketones is 1. The van der Waals surface area contributed by atoms with E-state index in [0.29, 0.717) is 19.4 Å². The lowest BCUT2D eigenvalue weighted by molar-refractivity contribution is -0.149. The SMILES string of the molecule is C=CC[C@]1(C(=O)/C=C/C)CCOC1=O. The summed E-state index contributed by atoms with van der Waals surface area (Å²) in [5.74, 6) is -0.595. The van der Waals surface area contributed by atoms with Gasteiger partial charge in [-0.05, 0) is 19.4 Å². The highest BCUT2D eigenvalue weighted by Gasteiger charge is 2.48. The highest BCUT2D eigenvalue weighted by molar-refractivity contribution is 6.10. The fourth-order valence-electron chi connectivity index (χ4n) is 1.63. The summed E-state index contributed by atoms with van der Waals surface area (Å²) in [6, 6.07) is 0. The largest absolute Gasteiger partial charge is 0.465 e. The molecule has 0 aromatic carbocycles. The van der Waals surface area contributed by atoms with Crippen molar-refractivity contribution in [2.75, 3.05) is 6.61 Å². The van der Waals surface area contributed by atoms with Gasteiger partial charge in [-0.2, -0.15) is 0 Å². The Morgan fingerprint density at radius 3 is 2.86 bits per heavy atom. The first-order valence-corrected chi connectivity index (χ1v) is 4.62. The van der Waals surface area contributed by atoms with Crippen molar-refractivity contribution >= 4 is 11.8 Å². The van der Waals surface area contributed by atoms with E-state index in [1.807, 2.05) is 0 Å². The van der Waals surface area contributed by atoms with Gasteiger partial charge in [0.1, 0.15) is 5.41 Å². The minimum atomic E-state index is -0.992. The van der Waals surface area contributed by atoms with E-state index in [9.17, 15) is 9.59 Å². The van der Waals surface area contributed by atoms with Crippen LogP contribution in [0.4, 0.5) is 0 Å². The van der Waals surface area contributed by atoms with Crippen molar-refractivity contribution in [2.24, 2.45) is 5.41 Å². The first kappa shape index (κ1) is 10.7. The van der Waals surface area contributed by atoms with Crippen molar-refractivity contribution in [1.29, 1.82) is 0 Å². The molecule has 0 bridgehead atoms. The van der Waals surface area contributed by atoms with E-state index in [1.165, 1.54) is 6.08 Å². The minimum Gasteiger partial charge on any atom is -0.465 e. The lowest BCUT2D eigenvalue weighted by atomic mass is 9.78. The van der Waals surface area contributed by atoms with Gasteiger partial charge >= 0.3 is 5.97 Å². The monoisotopic (exact) mass is 194 g/mol. The molecule has 1 aliphatic heterocycles. The quantitative estimate of drug-likeness (QED) is 0.296. The smallest absolute Gasteiger partial charge is 0.320 e. The average Bonchev–Trinajstić information content (AvgIpc) is 2.50. The molecule has 3 nitrogen and oxygen atoms in total. The Kier molecular flexibility index (Phi) is 3.23. The maximum Gasteiger partial charge on any atom is 0.320 e. The first-order chi connectivity index (χ1) is 6.67. The molecule has 0 spiro atoms. The van der Waals surface area contributed by atoms with Gasteiger partial charge in [0.15, 0.2) is 5.78 Å². The third-order valence-corrected chi connectivity index (χ3v) is 2.44. The molecule has 1 fully saturated rings. The number of hydrogen-bond donors (Lipinski definition) is 0. The van der Waals surface area contributed by atoms with Crippen molar-refractivity contribution in [3.63, 3.8) is 0 Å². The number of rotatable bonds is 4. The maximum atomic E-state index is 11.7. The van der Waals surface area contributed by atoms with Crippen LogP contribution in [0.15, 0.2) is 24.8 Å². The van der Waals surface area contributed by atoms with Crippen molar-refractivity contribution in [3.05, 3.63) is 24.8 Å². The third-order valence-electron chi connectivity index (χ3n) is 2.44. The second-order valence-electron chi connectivity index (χ2n) is 3.33. The molecule has 0 amide bonds. The van der Waals surface area contributed by atoms with E-state index in [-0.39, 0.29) is 5.78 Å². The molecule has 1 rings (SSSR count). The van der Waals surface area contributed by atoms with Crippen molar-refractivity contribution in [1.82, 2.24) is 0 Å². The van der Waals surface area contributed by atoms with Crippen molar-refractivity contribution < 1.29 is 14.3 Å². The Morgan fingerprint density at radius 2 is 2.43 bits per heavy atom. The molecule has 0 aromatic heterocycles. The van der Waals surface area contributed by atoms with Gasteiger partial charge in [-0.25, -0.2) is 0 Å². The van der Waals surface area contributed by atoms with Gasteiger partial charge in [0.05, 0.1) is 6.61 Å². The summed E-state index contributed by atoms with van der Waals surface area (Å²) in [5.41, 5.74) is -0.992. The number of esters is 1. The predicted molar refractivity (Wildman–Crippen MR) is 52.6 cm³/mol. The Labute approximate surface area is 83.4 Å². The van der Waals surface area contributed by atoms with Crippen LogP contribution >= 0.6 is 0 Å². The number of allylic oxidation sites excluding steroid dienone is 3. The Morgan fingerprint density at radius 1 is 1.71 bits per heavy atom. The highest BCUT2D eigenvalue weighted by atomic mass is 16.5. The molecule has 0 radical (unpaired) electrons. The zero-order valence-corrected chi connectivity index (χ0v) is 8.29. The molecular weight excluding hydrogens is 180 g/mol. The highest BCUT2D eigenvalue weighted by Crippen LogP contribution is 2.35. The normalized spacial score (nSPS) is 26.5. The van der Waals surface area contributed by atoms with Crippen LogP contribution in [0, 0.1) is 5.41 Å². The van der Waals surface area contributed by atoms with Crippen molar-refractivity contribution in [3.8, 4) is 0 Å². The average molecular weight is 194 g/mol. The van der Waals surface area contributed by atoms with Gasteiger partial charge in [-0.15, -0.1) is 6.58 Å². The molecule has 0 saturated carbocycles. The molecule has 1 atom stereocenters. The lowest BCUT2D eigenvalue weighted by Crippen LogP contribution is -2.34. The van der Waals surface area contributed by atoms with Crippen LogP contribution in [0.25, 0.3) is 0 Å². The van der Waals surface area contributed by atoms with E-state index in [4.69, 9.17) is 4.74 Å². The molecule has 0 unspecified atom stereocenters. The Hall–Kier alpha value is -1.38.